The van der Waals surface area contributed by atoms with Gasteiger partial charge < -0.3 is 15.2 Å². The second kappa shape index (κ2) is 7.33. The minimum absolute atomic E-state index is 0.0736. The zero-order chi connectivity index (χ0) is 17.1. The number of amides is 1. The van der Waals surface area contributed by atoms with Crippen LogP contribution in [-0.2, 0) is 9.59 Å². The number of nitrogens with zero attached hydrogens (tertiary/aromatic N) is 1. The number of thiazole rings is 1. The van der Waals surface area contributed by atoms with Gasteiger partial charge in [0.25, 0.3) is 0 Å². The average Bonchev–Trinajstić information content (AvgIpc) is 3.10. The molecule has 0 atom stereocenters. The highest BCUT2D eigenvalue weighted by Crippen LogP contribution is 2.40. The standard InChI is InChI=1S/C16H14N2O3S3/c1-9-6-23-15(18-12(19)7-22-8-13(20)21)14(9)16-17-10-4-2-3-5-11(10)24-16/h2-6H,7-8H2,1H3,(H,18,19)(H,20,21)/p-1. The van der Waals surface area contributed by atoms with Crippen LogP contribution in [0.2, 0.25) is 0 Å². The van der Waals surface area contributed by atoms with E-state index in [1.807, 2.05) is 36.6 Å². The molecule has 0 saturated heterocycles. The lowest BCUT2D eigenvalue weighted by molar-refractivity contribution is -0.301. The number of fused-ring (bicyclic) bond motifs is 1. The molecule has 0 radical (unpaired) electrons. The molecule has 1 N–H and O–H groups in total. The molecule has 0 aliphatic heterocycles. The smallest absolute Gasteiger partial charge is 0.234 e. The number of aromatic nitrogens is 1. The van der Waals surface area contributed by atoms with Crippen molar-refractivity contribution in [1.29, 1.82) is 0 Å². The molecule has 0 aliphatic rings. The van der Waals surface area contributed by atoms with Gasteiger partial charge in [0.2, 0.25) is 5.91 Å². The highest BCUT2D eigenvalue weighted by Gasteiger charge is 2.17. The van der Waals surface area contributed by atoms with Gasteiger partial charge in [0.05, 0.1) is 21.9 Å². The predicted octanol–water partition coefficient (Wildman–Crippen LogP) is 2.75. The number of nitrogens with one attached hydrogen (secondary N) is 1. The number of benzene rings is 1. The normalized spacial score (nSPS) is 10.9. The zero-order valence-corrected chi connectivity index (χ0v) is 15.1. The fourth-order valence-electron chi connectivity index (χ4n) is 2.17. The summed E-state index contributed by atoms with van der Waals surface area (Å²) in [7, 11) is 0. The summed E-state index contributed by atoms with van der Waals surface area (Å²) in [5, 5.41) is 16.8. The number of anilines is 1. The number of para-hydroxylation sites is 1. The number of aliphatic carboxylic acids is 1. The average molecular weight is 377 g/mol. The van der Waals surface area contributed by atoms with Gasteiger partial charge in [-0.2, -0.15) is 0 Å². The van der Waals surface area contributed by atoms with E-state index in [-0.39, 0.29) is 17.4 Å². The number of thioether (sulfide) groups is 1. The SMILES string of the molecule is Cc1csc(NC(=O)CSCC(=O)[O-])c1-c1nc2ccccc2s1. The third-order valence-electron chi connectivity index (χ3n) is 3.19. The molecule has 2 aromatic heterocycles. The first-order chi connectivity index (χ1) is 11.5. The molecule has 0 fully saturated rings. The largest absolute Gasteiger partial charge is 0.549 e. The van der Waals surface area contributed by atoms with Gasteiger partial charge in [0.15, 0.2) is 0 Å². The molecule has 8 heteroatoms. The van der Waals surface area contributed by atoms with Gasteiger partial charge in [-0.05, 0) is 30.0 Å². The molecule has 1 amide bonds. The van der Waals surface area contributed by atoms with Gasteiger partial charge in [-0.1, -0.05) is 12.1 Å². The van der Waals surface area contributed by atoms with E-state index in [9.17, 15) is 14.7 Å². The lowest BCUT2D eigenvalue weighted by Gasteiger charge is -2.06. The van der Waals surface area contributed by atoms with Crippen LogP contribution in [0, 0.1) is 6.92 Å². The Morgan fingerprint density at radius 1 is 1.29 bits per heavy atom. The Balaban J connectivity index is 1.81. The molecule has 0 bridgehead atoms. The van der Waals surface area contributed by atoms with Gasteiger partial charge in [0, 0.05) is 11.3 Å². The van der Waals surface area contributed by atoms with E-state index in [2.05, 4.69) is 10.3 Å². The van der Waals surface area contributed by atoms with Crippen LogP contribution in [0.4, 0.5) is 5.00 Å². The number of hydrogen-bond donors (Lipinski definition) is 1. The maximum absolute atomic E-state index is 12.0. The molecule has 2 heterocycles. The summed E-state index contributed by atoms with van der Waals surface area (Å²) in [4.78, 5) is 27.1. The third kappa shape index (κ3) is 3.77. The Bertz CT molecular complexity index is 868. The van der Waals surface area contributed by atoms with Crippen LogP contribution in [0.15, 0.2) is 29.6 Å². The Morgan fingerprint density at radius 2 is 2.08 bits per heavy atom. The number of aryl methyl sites for hydroxylation is 1. The van der Waals surface area contributed by atoms with Gasteiger partial charge in [-0.15, -0.1) is 34.4 Å². The van der Waals surface area contributed by atoms with E-state index >= 15 is 0 Å². The van der Waals surface area contributed by atoms with Crippen molar-refractivity contribution in [2.45, 2.75) is 6.92 Å². The van der Waals surface area contributed by atoms with Gasteiger partial charge in [-0.25, -0.2) is 4.98 Å². The van der Waals surface area contributed by atoms with Crippen LogP contribution in [0.5, 0.6) is 0 Å². The van der Waals surface area contributed by atoms with Crippen LogP contribution in [0.1, 0.15) is 5.56 Å². The molecule has 0 aliphatic carbocycles. The van der Waals surface area contributed by atoms with Crippen LogP contribution in [0.3, 0.4) is 0 Å². The Hall–Kier alpha value is -1.90. The van der Waals surface area contributed by atoms with E-state index < -0.39 is 5.97 Å². The van der Waals surface area contributed by atoms with Crippen LogP contribution in [-0.4, -0.2) is 28.4 Å². The summed E-state index contributed by atoms with van der Waals surface area (Å²) in [6.07, 6.45) is 0. The van der Waals surface area contributed by atoms with Gasteiger partial charge in [0.1, 0.15) is 10.0 Å². The quantitative estimate of drug-likeness (QED) is 0.714. The van der Waals surface area contributed by atoms with Crippen molar-refractivity contribution in [3.05, 3.63) is 35.2 Å². The summed E-state index contributed by atoms with van der Waals surface area (Å²) < 4.78 is 1.10. The monoisotopic (exact) mass is 377 g/mol. The second-order valence-corrected chi connectivity index (χ2v) is 7.92. The van der Waals surface area contributed by atoms with E-state index in [1.54, 1.807) is 11.3 Å². The van der Waals surface area contributed by atoms with Gasteiger partial charge in [-0.3, -0.25) is 4.79 Å². The fourth-order valence-corrected chi connectivity index (χ4v) is 4.80. The summed E-state index contributed by atoms with van der Waals surface area (Å²) in [6.45, 7) is 1.98. The number of carboxylic acids is 1. The molecular formula is C16H13N2O3S3-. The summed E-state index contributed by atoms with van der Waals surface area (Å²) in [6, 6.07) is 7.91. The van der Waals surface area contributed by atoms with E-state index in [0.29, 0.717) is 0 Å². The Morgan fingerprint density at radius 3 is 2.83 bits per heavy atom. The Kier molecular flexibility index (Phi) is 5.17. The second-order valence-electron chi connectivity index (χ2n) is 5.02. The molecule has 124 valence electrons. The fraction of sp³-hybridized carbons (Fsp3) is 0.188. The summed E-state index contributed by atoms with van der Waals surface area (Å²) in [5.41, 5.74) is 2.92. The molecule has 3 rings (SSSR count). The van der Waals surface area contributed by atoms with Crippen molar-refractivity contribution < 1.29 is 14.7 Å². The van der Waals surface area contributed by atoms with E-state index in [1.165, 1.54) is 11.3 Å². The number of thiophene rings is 1. The first-order valence-electron chi connectivity index (χ1n) is 7.06. The molecular weight excluding hydrogens is 364 g/mol. The van der Waals surface area contributed by atoms with Crippen molar-refractivity contribution >= 4 is 61.5 Å². The van der Waals surface area contributed by atoms with Crippen LogP contribution >= 0.6 is 34.4 Å². The maximum atomic E-state index is 12.0. The highest BCUT2D eigenvalue weighted by atomic mass is 32.2. The molecule has 0 spiro atoms. The lowest BCUT2D eigenvalue weighted by atomic mass is 10.2. The van der Waals surface area contributed by atoms with Crippen LogP contribution < -0.4 is 10.4 Å². The van der Waals surface area contributed by atoms with Crippen molar-refractivity contribution in [3.8, 4) is 10.6 Å². The van der Waals surface area contributed by atoms with E-state index in [4.69, 9.17) is 0 Å². The minimum Gasteiger partial charge on any atom is -0.549 e. The van der Waals surface area contributed by atoms with Gasteiger partial charge >= 0.3 is 0 Å². The Labute approximate surface area is 150 Å². The molecule has 1 aromatic carbocycles. The van der Waals surface area contributed by atoms with Crippen molar-refractivity contribution in [2.24, 2.45) is 0 Å². The number of carbonyl (C=O) groups excluding carboxylic acids is 2. The molecule has 0 unspecified atom stereocenters. The van der Waals surface area contributed by atoms with Crippen molar-refractivity contribution in [1.82, 2.24) is 4.98 Å². The molecule has 24 heavy (non-hydrogen) atoms. The number of carboxylic acid groups (broad SMARTS) is 1. The first-order valence-corrected chi connectivity index (χ1v) is 9.91. The van der Waals surface area contributed by atoms with E-state index in [0.717, 1.165) is 43.1 Å². The van der Waals surface area contributed by atoms with Crippen molar-refractivity contribution in [3.63, 3.8) is 0 Å². The maximum Gasteiger partial charge on any atom is 0.234 e. The lowest BCUT2D eigenvalue weighted by Crippen LogP contribution is -2.25. The molecule has 3 aromatic rings. The predicted molar refractivity (Wildman–Crippen MR) is 98.6 cm³/mol. The minimum atomic E-state index is -1.17. The summed E-state index contributed by atoms with van der Waals surface area (Å²) in [5.74, 6) is -1.52. The zero-order valence-electron chi connectivity index (χ0n) is 12.7. The number of rotatable bonds is 6. The number of hydrogen-bond acceptors (Lipinski definition) is 7. The van der Waals surface area contributed by atoms with Crippen LogP contribution in [0.25, 0.3) is 20.8 Å². The third-order valence-corrected chi connectivity index (χ3v) is 6.16. The first kappa shape index (κ1) is 16.9. The molecule has 0 saturated carbocycles. The highest BCUT2D eigenvalue weighted by molar-refractivity contribution is 8.00. The topological polar surface area (TPSA) is 82.1 Å². The molecule has 5 nitrogen and oxygen atoms in total. The summed E-state index contributed by atoms with van der Waals surface area (Å²) >= 11 is 4.05. The number of carbonyl (C=O) groups is 2. The van der Waals surface area contributed by atoms with Crippen molar-refractivity contribution in [2.75, 3.05) is 16.8 Å².